The number of ether oxygens (including phenoxy) is 1. The third-order valence-electron chi connectivity index (χ3n) is 5.43. The summed E-state index contributed by atoms with van der Waals surface area (Å²) < 4.78 is 4.71. The zero-order valence-corrected chi connectivity index (χ0v) is 18.3. The number of esters is 1. The molecule has 5 heteroatoms. The molecule has 1 heterocycles. The Bertz CT molecular complexity index is 788. The number of hydrogen-bond acceptors (Lipinski definition) is 4. The lowest BCUT2D eigenvalue weighted by Crippen LogP contribution is -2.34. The maximum atomic E-state index is 12.3. The van der Waals surface area contributed by atoms with Crippen molar-refractivity contribution >= 4 is 11.9 Å². The molecule has 1 N–H and O–H groups in total. The van der Waals surface area contributed by atoms with Crippen LogP contribution in [0.5, 0.6) is 0 Å². The normalized spacial score (nSPS) is 18.2. The Labute approximate surface area is 180 Å². The van der Waals surface area contributed by atoms with Crippen LogP contribution < -0.4 is 0 Å². The minimum Gasteiger partial charge on any atom is -0.465 e. The Hall–Kier alpha value is -2.58. The van der Waals surface area contributed by atoms with E-state index in [0.717, 1.165) is 24.8 Å². The molecule has 3 atom stereocenters. The lowest BCUT2D eigenvalue weighted by Gasteiger charge is -2.23. The summed E-state index contributed by atoms with van der Waals surface area (Å²) in [5.74, 6) is 6.09. The molecule has 0 unspecified atom stereocenters. The number of amides is 1. The Kier molecular flexibility index (Phi) is 9.63. The predicted molar refractivity (Wildman–Crippen MR) is 118 cm³/mol. The third kappa shape index (κ3) is 7.03. The molecule has 162 valence electrons. The van der Waals surface area contributed by atoms with Gasteiger partial charge in [-0.1, -0.05) is 38.1 Å². The zero-order chi connectivity index (χ0) is 21.9. The summed E-state index contributed by atoms with van der Waals surface area (Å²) in [4.78, 5) is 25.7. The van der Waals surface area contributed by atoms with Gasteiger partial charge in [-0.15, -0.1) is 11.8 Å². The van der Waals surface area contributed by atoms with Gasteiger partial charge < -0.3 is 14.7 Å². The largest absolute Gasteiger partial charge is 0.465 e. The van der Waals surface area contributed by atoms with Crippen molar-refractivity contribution in [1.82, 2.24) is 4.90 Å². The second-order valence-electron chi connectivity index (χ2n) is 7.79. The van der Waals surface area contributed by atoms with Crippen LogP contribution in [0, 0.1) is 17.8 Å². The topological polar surface area (TPSA) is 66.8 Å². The van der Waals surface area contributed by atoms with Gasteiger partial charge in [0, 0.05) is 25.8 Å². The summed E-state index contributed by atoms with van der Waals surface area (Å²) in [5.41, 5.74) is 1.58. The van der Waals surface area contributed by atoms with Gasteiger partial charge in [-0.3, -0.25) is 4.79 Å². The first-order valence-electron chi connectivity index (χ1n) is 10.7. The summed E-state index contributed by atoms with van der Waals surface area (Å²) in [6.45, 7) is 4.70. The molecule has 1 aliphatic heterocycles. The highest BCUT2D eigenvalue weighted by molar-refractivity contribution is 5.89. The highest BCUT2D eigenvalue weighted by Gasteiger charge is 2.28. The van der Waals surface area contributed by atoms with Crippen molar-refractivity contribution in [2.45, 2.75) is 64.5 Å². The van der Waals surface area contributed by atoms with E-state index in [0.29, 0.717) is 31.4 Å². The molecule has 0 aliphatic carbocycles. The van der Waals surface area contributed by atoms with Gasteiger partial charge in [0.25, 0.3) is 0 Å². The maximum absolute atomic E-state index is 12.3. The number of carbonyl (C=O) groups excluding carboxylic acids is 2. The molecule has 0 saturated carbocycles. The Balaban J connectivity index is 1.89. The van der Waals surface area contributed by atoms with Crippen LogP contribution in [-0.4, -0.2) is 47.7 Å². The first-order valence-corrected chi connectivity index (χ1v) is 10.7. The summed E-state index contributed by atoms with van der Waals surface area (Å²) in [6.07, 6.45) is 7.83. The van der Waals surface area contributed by atoms with Crippen LogP contribution in [0.4, 0.5) is 0 Å². The summed E-state index contributed by atoms with van der Waals surface area (Å²) in [5, 5.41) is 10.4. The molecular weight excluding hydrogens is 378 g/mol. The smallest absolute Gasteiger partial charge is 0.337 e. The fraction of sp³-hybridized carbons (Fsp3) is 0.520. The summed E-state index contributed by atoms with van der Waals surface area (Å²) in [6, 6.07) is 7.28. The number of benzene rings is 1. The molecule has 5 nitrogen and oxygen atoms in total. The Morgan fingerprint density at radius 2 is 2.07 bits per heavy atom. The van der Waals surface area contributed by atoms with E-state index in [4.69, 9.17) is 4.74 Å². The summed E-state index contributed by atoms with van der Waals surface area (Å²) in [7, 11) is 1.36. The zero-order valence-electron chi connectivity index (χ0n) is 18.3. The Morgan fingerprint density at radius 3 is 2.73 bits per heavy atom. The van der Waals surface area contributed by atoms with Gasteiger partial charge in [-0.25, -0.2) is 4.79 Å². The molecular formula is C25H33NO4. The van der Waals surface area contributed by atoms with Crippen molar-refractivity contribution in [3.05, 3.63) is 47.5 Å². The van der Waals surface area contributed by atoms with Crippen LogP contribution >= 0.6 is 0 Å². The van der Waals surface area contributed by atoms with Gasteiger partial charge in [0.1, 0.15) is 0 Å². The average Bonchev–Trinajstić information content (AvgIpc) is 3.12. The molecule has 2 rings (SSSR count). The van der Waals surface area contributed by atoms with E-state index in [2.05, 4.69) is 18.8 Å². The van der Waals surface area contributed by atoms with Crippen molar-refractivity contribution in [3.8, 4) is 11.8 Å². The van der Waals surface area contributed by atoms with E-state index in [1.807, 2.05) is 36.1 Å². The summed E-state index contributed by atoms with van der Waals surface area (Å²) >= 11 is 0. The first kappa shape index (κ1) is 23.7. The predicted octanol–water partition coefficient (Wildman–Crippen LogP) is 3.75. The molecule has 0 bridgehead atoms. The lowest BCUT2D eigenvalue weighted by molar-refractivity contribution is -0.128. The van der Waals surface area contributed by atoms with Crippen LogP contribution in [0.1, 0.15) is 61.9 Å². The van der Waals surface area contributed by atoms with E-state index >= 15 is 0 Å². The number of nitrogens with zero attached hydrogens (tertiary/aromatic N) is 1. The highest BCUT2D eigenvalue weighted by atomic mass is 16.5. The number of aliphatic hydroxyl groups is 1. The lowest BCUT2D eigenvalue weighted by atomic mass is 9.99. The number of hydrogen-bond donors (Lipinski definition) is 1. The second kappa shape index (κ2) is 12.2. The van der Waals surface area contributed by atoms with E-state index in [-0.39, 0.29) is 23.8 Å². The van der Waals surface area contributed by atoms with Gasteiger partial charge in [-0.2, -0.15) is 0 Å². The third-order valence-corrected chi connectivity index (χ3v) is 5.43. The fourth-order valence-electron chi connectivity index (χ4n) is 3.42. The Morgan fingerprint density at radius 1 is 1.33 bits per heavy atom. The second-order valence-corrected chi connectivity index (χ2v) is 7.79. The van der Waals surface area contributed by atoms with Gasteiger partial charge in [0.2, 0.25) is 5.91 Å². The fourth-order valence-corrected chi connectivity index (χ4v) is 3.42. The van der Waals surface area contributed by atoms with E-state index in [1.54, 1.807) is 12.1 Å². The SMILES string of the molecule is CCCC#CC[C@H](C)[C@H](O)/C=C/[C@H]1CCC(=O)N1CCc1ccc(C(=O)OC)cc1. The van der Waals surface area contributed by atoms with Crippen LogP contribution in [0.15, 0.2) is 36.4 Å². The minimum atomic E-state index is -0.565. The molecule has 1 aromatic carbocycles. The molecule has 30 heavy (non-hydrogen) atoms. The van der Waals surface area contributed by atoms with Crippen molar-refractivity contribution in [2.24, 2.45) is 5.92 Å². The number of aliphatic hydroxyl groups excluding tert-OH is 1. The highest BCUT2D eigenvalue weighted by Crippen LogP contribution is 2.21. The van der Waals surface area contributed by atoms with Gasteiger partial charge in [0.05, 0.1) is 24.8 Å². The number of rotatable bonds is 9. The molecule has 1 fully saturated rings. The molecule has 0 aromatic heterocycles. The van der Waals surface area contributed by atoms with E-state index in [1.165, 1.54) is 7.11 Å². The van der Waals surface area contributed by atoms with E-state index in [9.17, 15) is 14.7 Å². The molecule has 1 amide bonds. The molecule has 1 saturated heterocycles. The van der Waals surface area contributed by atoms with Crippen LogP contribution in [0.3, 0.4) is 0 Å². The number of methoxy groups -OCH3 is 1. The number of unbranched alkanes of at least 4 members (excludes halogenated alkanes) is 1. The molecule has 0 radical (unpaired) electrons. The monoisotopic (exact) mass is 411 g/mol. The first-order chi connectivity index (χ1) is 14.5. The van der Waals surface area contributed by atoms with Crippen LogP contribution in [-0.2, 0) is 16.0 Å². The van der Waals surface area contributed by atoms with E-state index < -0.39 is 6.10 Å². The molecule has 0 spiro atoms. The minimum absolute atomic E-state index is 0.0138. The van der Waals surface area contributed by atoms with Crippen LogP contribution in [0.25, 0.3) is 0 Å². The standard InChI is InChI=1S/C25H33NO4/c1-4-5-6-7-8-19(2)23(27)15-13-22-14-16-24(28)26(22)18-17-20-9-11-21(12-10-20)25(29)30-3/h9-13,15,19,22-23,27H,4-5,8,14,16-18H2,1-3H3/b15-13+/t19-,22-,23+/m0/s1. The van der Waals surface area contributed by atoms with Gasteiger partial charge >= 0.3 is 5.97 Å². The number of carbonyl (C=O) groups is 2. The molecule has 1 aliphatic rings. The van der Waals surface area contributed by atoms with Crippen molar-refractivity contribution in [1.29, 1.82) is 0 Å². The maximum Gasteiger partial charge on any atom is 0.337 e. The van der Waals surface area contributed by atoms with Crippen molar-refractivity contribution in [2.75, 3.05) is 13.7 Å². The van der Waals surface area contributed by atoms with Gasteiger partial charge in [-0.05, 0) is 42.9 Å². The quantitative estimate of drug-likeness (QED) is 0.382. The average molecular weight is 412 g/mol. The van der Waals surface area contributed by atoms with Gasteiger partial charge in [0.15, 0.2) is 0 Å². The van der Waals surface area contributed by atoms with Crippen LogP contribution in [0.2, 0.25) is 0 Å². The molecule has 1 aromatic rings. The van der Waals surface area contributed by atoms with Crippen molar-refractivity contribution < 1.29 is 19.4 Å². The number of likely N-dealkylation sites (tertiary alicyclic amines) is 1. The van der Waals surface area contributed by atoms with Crippen molar-refractivity contribution in [3.63, 3.8) is 0 Å².